The Labute approximate surface area is 164 Å². The number of piperidine rings is 2. The topological polar surface area (TPSA) is 26.8 Å². The highest BCUT2D eigenvalue weighted by atomic mass is 16.2. The van der Waals surface area contributed by atoms with Crippen LogP contribution in [0.25, 0.3) is 0 Å². The van der Waals surface area contributed by atoms with Gasteiger partial charge in [0, 0.05) is 44.6 Å². The summed E-state index contributed by atoms with van der Waals surface area (Å²) >= 11 is 0. The van der Waals surface area contributed by atoms with E-state index in [0.717, 1.165) is 32.4 Å². The summed E-state index contributed by atoms with van der Waals surface area (Å²) in [7, 11) is 0. The van der Waals surface area contributed by atoms with Crippen LogP contribution in [-0.4, -0.2) is 73.0 Å². The molecule has 1 spiro atoms. The normalized spacial score (nSPS) is 27.6. The van der Waals surface area contributed by atoms with Crippen LogP contribution in [0.3, 0.4) is 0 Å². The van der Waals surface area contributed by atoms with Crippen molar-refractivity contribution in [2.24, 2.45) is 5.41 Å². The van der Waals surface area contributed by atoms with Crippen molar-refractivity contribution in [1.29, 1.82) is 0 Å². The van der Waals surface area contributed by atoms with Crippen LogP contribution in [0.2, 0.25) is 0 Å². The van der Waals surface area contributed by atoms with Crippen LogP contribution in [0.1, 0.15) is 44.1 Å². The van der Waals surface area contributed by atoms with E-state index in [2.05, 4.69) is 45.0 Å². The maximum absolute atomic E-state index is 12.5. The molecule has 1 aromatic carbocycles. The van der Waals surface area contributed by atoms with Gasteiger partial charge < -0.3 is 14.7 Å². The number of carbonyl (C=O) groups is 1. The number of amides is 1. The summed E-state index contributed by atoms with van der Waals surface area (Å²) in [6.45, 7) is 9.30. The van der Waals surface area contributed by atoms with Crippen LogP contribution in [0.15, 0.2) is 30.3 Å². The minimum Gasteiger partial charge on any atom is -0.342 e. The van der Waals surface area contributed by atoms with Gasteiger partial charge in [0.2, 0.25) is 5.91 Å². The molecule has 3 saturated heterocycles. The van der Waals surface area contributed by atoms with Crippen molar-refractivity contribution in [1.82, 2.24) is 14.7 Å². The van der Waals surface area contributed by atoms with Crippen LogP contribution in [-0.2, 0) is 11.2 Å². The van der Waals surface area contributed by atoms with Crippen molar-refractivity contribution < 1.29 is 4.79 Å². The predicted octanol–water partition coefficient (Wildman–Crippen LogP) is 3.03. The van der Waals surface area contributed by atoms with Gasteiger partial charge in [-0.2, -0.15) is 0 Å². The van der Waals surface area contributed by atoms with E-state index < -0.39 is 0 Å². The van der Waals surface area contributed by atoms with Gasteiger partial charge in [-0.15, -0.1) is 0 Å². The first-order valence-electron chi connectivity index (χ1n) is 11.0. The Kier molecular flexibility index (Phi) is 6.14. The average molecular weight is 370 g/mol. The molecule has 1 atom stereocenters. The van der Waals surface area contributed by atoms with Crippen LogP contribution in [0.5, 0.6) is 0 Å². The molecular formula is C23H35N3O. The van der Waals surface area contributed by atoms with Gasteiger partial charge >= 0.3 is 0 Å². The molecule has 1 amide bonds. The number of nitrogens with zero attached hydrogens (tertiary/aromatic N) is 3. The van der Waals surface area contributed by atoms with Gasteiger partial charge in [0.15, 0.2) is 0 Å². The van der Waals surface area contributed by atoms with Crippen LogP contribution in [0.4, 0.5) is 0 Å². The van der Waals surface area contributed by atoms with Gasteiger partial charge in [-0.05, 0) is 63.7 Å². The molecule has 4 rings (SSSR count). The maximum atomic E-state index is 12.5. The second-order valence-electron chi connectivity index (χ2n) is 8.98. The summed E-state index contributed by atoms with van der Waals surface area (Å²) in [5.74, 6) is 0.366. The Hall–Kier alpha value is -1.39. The van der Waals surface area contributed by atoms with E-state index in [1.165, 1.54) is 70.5 Å². The van der Waals surface area contributed by atoms with Gasteiger partial charge in [0.1, 0.15) is 0 Å². The largest absolute Gasteiger partial charge is 0.342 e. The van der Waals surface area contributed by atoms with Gasteiger partial charge in [-0.3, -0.25) is 4.79 Å². The average Bonchev–Trinajstić information content (AvgIpc) is 3.22. The zero-order valence-corrected chi connectivity index (χ0v) is 16.7. The molecule has 3 heterocycles. The van der Waals surface area contributed by atoms with Crippen molar-refractivity contribution >= 4 is 5.91 Å². The van der Waals surface area contributed by atoms with E-state index in [4.69, 9.17) is 0 Å². The summed E-state index contributed by atoms with van der Waals surface area (Å²) < 4.78 is 0. The van der Waals surface area contributed by atoms with E-state index in [9.17, 15) is 4.79 Å². The molecule has 3 aliphatic rings. The number of benzene rings is 1. The van der Waals surface area contributed by atoms with E-state index in [1.54, 1.807) is 0 Å². The molecule has 0 radical (unpaired) electrons. The van der Waals surface area contributed by atoms with E-state index in [1.807, 2.05) is 0 Å². The third-order valence-electron chi connectivity index (χ3n) is 6.93. The molecule has 0 aliphatic carbocycles. The lowest BCUT2D eigenvalue weighted by atomic mass is 9.73. The molecule has 3 aliphatic heterocycles. The van der Waals surface area contributed by atoms with Crippen molar-refractivity contribution in [2.45, 2.75) is 44.9 Å². The Bertz CT molecular complexity index is 613. The summed E-state index contributed by atoms with van der Waals surface area (Å²) in [5.41, 5.74) is 1.68. The summed E-state index contributed by atoms with van der Waals surface area (Å²) in [6.07, 6.45) is 8.15. The quantitative estimate of drug-likeness (QED) is 0.771. The van der Waals surface area contributed by atoms with Crippen LogP contribution in [0, 0.1) is 5.41 Å². The zero-order valence-electron chi connectivity index (χ0n) is 16.7. The summed E-state index contributed by atoms with van der Waals surface area (Å²) in [5, 5.41) is 0. The lowest BCUT2D eigenvalue weighted by molar-refractivity contribution is -0.139. The minimum absolute atomic E-state index is 0.341. The van der Waals surface area contributed by atoms with Crippen LogP contribution >= 0.6 is 0 Å². The molecule has 4 nitrogen and oxygen atoms in total. The maximum Gasteiger partial charge on any atom is 0.222 e. The second-order valence-corrected chi connectivity index (χ2v) is 8.98. The Balaban J connectivity index is 1.31. The van der Waals surface area contributed by atoms with Gasteiger partial charge in [-0.1, -0.05) is 30.3 Å². The number of carbonyl (C=O) groups excluding carboxylic acids is 1. The molecule has 0 bridgehead atoms. The molecule has 0 N–H and O–H groups in total. The molecule has 0 aromatic heterocycles. The lowest BCUT2D eigenvalue weighted by Crippen LogP contribution is -2.55. The highest BCUT2D eigenvalue weighted by Gasteiger charge is 2.41. The highest BCUT2D eigenvalue weighted by molar-refractivity contribution is 5.77. The molecule has 3 fully saturated rings. The molecular weight excluding hydrogens is 334 g/mol. The van der Waals surface area contributed by atoms with Crippen LogP contribution < -0.4 is 0 Å². The Morgan fingerprint density at radius 1 is 0.815 bits per heavy atom. The fourth-order valence-corrected chi connectivity index (χ4v) is 5.34. The number of rotatable bonds is 6. The van der Waals surface area contributed by atoms with E-state index in [-0.39, 0.29) is 0 Å². The Morgan fingerprint density at radius 3 is 2.37 bits per heavy atom. The van der Waals surface area contributed by atoms with E-state index in [0.29, 0.717) is 11.3 Å². The van der Waals surface area contributed by atoms with Crippen molar-refractivity contribution in [3.63, 3.8) is 0 Å². The lowest BCUT2D eigenvalue weighted by Gasteiger charge is -2.48. The molecule has 1 unspecified atom stereocenters. The summed E-state index contributed by atoms with van der Waals surface area (Å²) in [6, 6.07) is 10.6. The zero-order chi connectivity index (χ0) is 18.5. The first kappa shape index (κ1) is 18.9. The first-order chi connectivity index (χ1) is 13.2. The number of likely N-dealkylation sites (tertiary alicyclic amines) is 3. The second kappa shape index (κ2) is 8.74. The Morgan fingerprint density at radius 2 is 1.56 bits per heavy atom. The molecule has 27 heavy (non-hydrogen) atoms. The molecule has 1 aromatic rings. The van der Waals surface area contributed by atoms with Gasteiger partial charge in [0.25, 0.3) is 0 Å². The number of hydrogen-bond donors (Lipinski definition) is 0. The van der Waals surface area contributed by atoms with Crippen molar-refractivity contribution in [3.8, 4) is 0 Å². The summed E-state index contributed by atoms with van der Waals surface area (Å²) in [4.78, 5) is 20.0. The fourth-order valence-electron chi connectivity index (χ4n) is 5.34. The highest BCUT2D eigenvalue weighted by Crippen LogP contribution is 2.38. The smallest absolute Gasteiger partial charge is 0.222 e. The monoisotopic (exact) mass is 369 g/mol. The third-order valence-corrected chi connectivity index (χ3v) is 6.93. The predicted molar refractivity (Wildman–Crippen MR) is 110 cm³/mol. The SMILES string of the molecule is O=C1CCC2(CCCN(CCN3CCCC3)C2)CN1CCc1ccccc1. The first-order valence-corrected chi connectivity index (χ1v) is 11.0. The molecule has 148 valence electrons. The van der Waals surface area contributed by atoms with Crippen molar-refractivity contribution in [2.75, 3.05) is 52.4 Å². The fraction of sp³-hybridized carbons (Fsp3) is 0.696. The third kappa shape index (κ3) is 4.91. The number of hydrogen-bond acceptors (Lipinski definition) is 3. The molecule has 0 saturated carbocycles. The standard InChI is InChI=1S/C23H35N3O/c27-22-9-12-23(20-26(22)16-10-21-7-2-1-3-8-21)11-6-15-25(19-23)18-17-24-13-4-5-14-24/h1-3,7-8H,4-6,9-20H2. The minimum atomic E-state index is 0.341. The molecule has 4 heteroatoms. The van der Waals surface area contributed by atoms with E-state index >= 15 is 0 Å². The van der Waals surface area contributed by atoms with Crippen molar-refractivity contribution in [3.05, 3.63) is 35.9 Å². The van der Waals surface area contributed by atoms with Gasteiger partial charge in [0.05, 0.1) is 0 Å². The van der Waals surface area contributed by atoms with Gasteiger partial charge in [-0.25, -0.2) is 0 Å².